The molecule has 0 bridgehead atoms. The van der Waals surface area contributed by atoms with Crippen molar-refractivity contribution in [2.24, 2.45) is 0 Å². The van der Waals surface area contributed by atoms with Gasteiger partial charge >= 0.3 is 6.03 Å². The van der Waals surface area contributed by atoms with Gasteiger partial charge in [-0.3, -0.25) is 0 Å². The summed E-state index contributed by atoms with van der Waals surface area (Å²) in [6.45, 7) is 6.34. The Kier molecular flexibility index (Phi) is 5.73. The number of benzene rings is 1. The van der Waals surface area contributed by atoms with E-state index in [1.807, 2.05) is 45.2 Å². The van der Waals surface area contributed by atoms with Gasteiger partial charge < -0.3 is 20.4 Å². The first-order valence-electron chi connectivity index (χ1n) is 9.00. The first-order valence-corrected chi connectivity index (χ1v) is 10.6. The van der Waals surface area contributed by atoms with Gasteiger partial charge in [-0.25, -0.2) is 13.2 Å². The summed E-state index contributed by atoms with van der Waals surface area (Å²) in [5.41, 5.74) is 2.54. The molecule has 1 aromatic heterocycles. The van der Waals surface area contributed by atoms with Gasteiger partial charge in [-0.15, -0.1) is 0 Å². The van der Waals surface area contributed by atoms with Crippen LogP contribution in [0.25, 0.3) is 10.9 Å². The molecule has 3 rings (SSSR count). The van der Waals surface area contributed by atoms with Crippen LogP contribution in [-0.2, 0) is 14.8 Å². The molecule has 2 atom stereocenters. The highest BCUT2D eigenvalue weighted by Gasteiger charge is 2.30. The maximum Gasteiger partial charge on any atom is 0.319 e. The molecule has 0 aliphatic carbocycles. The number of hydrogen-bond acceptors (Lipinski definition) is 4. The number of sulfonamides is 1. The molecule has 2 amide bonds. The van der Waals surface area contributed by atoms with E-state index in [9.17, 15) is 13.2 Å². The van der Waals surface area contributed by atoms with Gasteiger partial charge in [0.15, 0.2) is 0 Å². The number of carbonyl (C=O) groups excluding carboxylic acids is 1. The molecule has 1 aliphatic heterocycles. The lowest BCUT2D eigenvalue weighted by atomic mass is 10.1. The molecule has 3 N–H and O–H groups in total. The molecule has 2 aromatic rings. The quantitative estimate of drug-likeness (QED) is 0.722. The molecule has 1 fully saturated rings. The van der Waals surface area contributed by atoms with Crippen LogP contribution in [0.5, 0.6) is 0 Å². The maximum absolute atomic E-state index is 12.5. The fourth-order valence-corrected chi connectivity index (χ4v) is 4.79. The minimum atomic E-state index is -3.44. The number of rotatable bonds is 5. The number of hydrogen-bond donors (Lipinski definition) is 3. The molecule has 148 valence electrons. The number of aromatic nitrogens is 1. The van der Waals surface area contributed by atoms with E-state index >= 15 is 0 Å². The summed E-state index contributed by atoms with van der Waals surface area (Å²) in [6.07, 6.45) is 1.57. The van der Waals surface area contributed by atoms with Crippen LogP contribution in [0, 0.1) is 6.92 Å². The second-order valence-corrected chi connectivity index (χ2v) is 9.09. The Bertz CT molecular complexity index is 915. The Morgan fingerprint density at radius 3 is 2.70 bits per heavy atom. The number of urea groups is 1. The molecule has 1 aromatic carbocycles. The molecule has 27 heavy (non-hydrogen) atoms. The summed E-state index contributed by atoms with van der Waals surface area (Å²) in [4.78, 5) is 15.2. The van der Waals surface area contributed by atoms with Crippen LogP contribution in [0.3, 0.4) is 0 Å². The lowest BCUT2D eigenvalue weighted by molar-refractivity contribution is -0.0440. The Labute approximate surface area is 159 Å². The third kappa shape index (κ3) is 4.79. The first kappa shape index (κ1) is 19.7. The minimum Gasteiger partial charge on any atom is -0.373 e. The largest absolute Gasteiger partial charge is 0.373 e. The van der Waals surface area contributed by atoms with Gasteiger partial charge in [0.2, 0.25) is 10.0 Å². The predicted octanol–water partition coefficient (Wildman–Crippen LogP) is 2.04. The number of ether oxygens (including phenoxy) is 1. The van der Waals surface area contributed by atoms with E-state index < -0.39 is 16.1 Å². The molecule has 2 heterocycles. The number of carbonyl (C=O) groups is 1. The zero-order chi connectivity index (χ0) is 19.6. The average Bonchev–Trinajstić information content (AvgIpc) is 3.01. The third-order valence-corrected chi connectivity index (χ3v) is 6.38. The zero-order valence-electron chi connectivity index (χ0n) is 15.8. The lowest BCUT2D eigenvalue weighted by Crippen LogP contribution is -2.49. The third-order valence-electron chi connectivity index (χ3n) is 4.57. The van der Waals surface area contributed by atoms with Crippen molar-refractivity contribution in [1.82, 2.24) is 14.6 Å². The van der Waals surface area contributed by atoms with Gasteiger partial charge in [-0.1, -0.05) is 0 Å². The molecule has 0 saturated carbocycles. The van der Waals surface area contributed by atoms with E-state index in [-0.39, 0.29) is 24.5 Å². The summed E-state index contributed by atoms with van der Waals surface area (Å²) >= 11 is 0. The molecule has 8 nitrogen and oxygen atoms in total. The van der Waals surface area contributed by atoms with Crippen molar-refractivity contribution in [3.63, 3.8) is 0 Å². The van der Waals surface area contributed by atoms with E-state index in [4.69, 9.17) is 4.74 Å². The van der Waals surface area contributed by atoms with Crippen molar-refractivity contribution >= 4 is 32.6 Å². The summed E-state index contributed by atoms with van der Waals surface area (Å²) in [7, 11) is -3.44. The Hall–Kier alpha value is -2.10. The Balaban J connectivity index is 1.53. The molecular weight excluding hydrogens is 368 g/mol. The van der Waals surface area contributed by atoms with Crippen molar-refractivity contribution in [2.75, 3.05) is 30.7 Å². The van der Waals surface area contributed by atoms with Gasteiger partial charge in [-0.05, 0) is 49.9 Å². The zero-order valence-corrected chi connectivity index (χ0v) is 16.6. The monoisotopic (exact) mass is 394 g/mol. The second kappa shape index (κ2) is 7.87. The van der Waals surface area contributed by atoms with Crippen LogP contribution in [0.15, 0.2) is 24.4 Å². The fraction of sp³-hybridized carbons (Fsp3) is 0.500. The summed E-state index contributed by atoms with van der Waals surface area (Å²) in [5.74, 6) is -0.144. The van der Waals surface area contributed by atoms with Gasteiger partial charge in [0, 0.05) is 37.0 Å². The number of fused-ring (bicyclic) bond motifs is 1. The predicted molar refractivity (Wildman–Crippen MR) is 105 cm³/mol. The van der Waals surface area contributed by atoms with Crippen LogP contribution in [0.1, 0.15) is 19.4 Å². The number of aromatic amines is 1. The first-order chi connectivity index (χ1) is 12.7. The number of amides is 2. The topological polar surface area (TPSA) is 104 Å². The van der Waals surface area contributed by atoms with Crippen LogP contribution in [0.4, 0.5) is 10.5 Å². The SMILES string of the molecule is Cc1cc2cc[nH]c2cc1NC(=O)NCCS(=O)(=O)N1C[C@@H](C)O[C@H](C)C1. The average molecular weight is 394 g/mol. The highest BCUT2D eigenvalue weighted by Crippen LogP contribution is 2.22. The molecule has 9 heteroatoms. The van der Waals surface area contributed by atoms with Gasteiger partial charge in [0.25, 0.3) is 0 Å². The van der Waals surface area contributed by atoms with Crippen LogP contribution in [0.2, 0.25) is 0 Å². The van der Waals surface area contributed by atoms with Crippen molar-refractivity contribution in [2.45, 2.75) is 33.0 Å². The summed E-state index contributed by atoms with van der Waals surface area (Å²) < 4.78 is 32.0. The van der Waals surface area contributed by atoms with Crippen LogP contribution >= 0.6 is 0 Å². The minimum absolute atomic E-state index is 0.0398. The van der Waals surface area contributed by atoms with Gasteiger partial charge in [0.1, 0.15) is 0 Å². The number of anilines is 1. The number of H-pyrrole nitrogens is 1. The van der Waals surface area contributed by atoms with E-state index in [2.05, 4.69) is 15.6 Å². The van der Waals surface area contributed by atoms with Crippen molar-refractivity contribution < 1.29 is 17.9 Å². The van der Waals surface area contributed by atoms with Crippen molar-refractivity contribution in [3.05, 3.63) is 30.0 Å². The van der Waals surface area contributed by atoms with Crippen LogP contribution in [-0.4, -0.2) is 61.3 Å². The highest BCUT2D eigenvalue weighted by atomic mass is 32.2. The van der Waals surface area contributed by atoms with E-state index in [0.717, 1.165) is 16.5 Å². The number of nitrogens with one attached hydrogen (secondary N) is 3. The smallest absolute Gasteiger partial charge is 0.319 e. The van der Waals surface area contributed by atoms with E-state index in [0.29, 0.717) is 18.8 Å². The summed E-state index contributed by atoms with van der Waals surface area (Å²) in [6, 6.07) is 5.37. The van der Waals surface area contributed by atoms with Crippen molar-refractivity contribution in [1.29, 1.82) is 0 Å². The number of aryl methyl sites for hydroxylation is 1. The standard InChI is InChI=1S/C18H26N4O4S/c1-12-8-15-4-5-19-17(15)9-16(12)21-18(23)20-6-7-27(24,25)22-10-13(2)26-14(3)11-22/h4-5,8-9,13-14,19H,6-7,10-11H2,1-3H3,(H2,20,21,23)/t13-,14-/m1/s1. The van der Waals surface area contributed by atoms with E-state index in [1.54, 1.807) is 0 Å². The molecule has 1 saturated heterocycles. The molecule has 0 radical (unpaired) electrons. The van der Waals surface area contributed by atoms with Gasteiger partial charge in [-0.2, -0.15) is 4.31 Å². The Morgan fingerprint density at radius 2 is 2.00 bits per heavy atom. The highest BCUT2D eigenvalue weighted by molar-refractivity contribution is 7.89. The lowest BCUT2D eigenvalue weighted by Gasteiger charge is -2.34. The summed E-state index contributed by atoms with van der Waals surface area (Å²) in [5, 5.41) is 6.46. The van der Waals surface area contributed by atoms with Gasteiger partial charge in [0.05, 0.1) is 18.0 Å². The van der Waals surface area contributed by atoms with Crippen LogP contribution < -0.4 is 10.6 Å². The molecule has 1 aliphatic rings. The molecular formula is C18H26N4O4S. The second-order valence-electron chi connectivity index (χ2n) is 7.00. The van der Waals surface area contributed by atoms with E-state index in [1.165, 1.54) is 4.31 Å². The molecule has 0 spiro atoms. The normalized spacial score (nSPS) is 21.3. The number of morpholine rings is 1. The molecule has 0 unspecified atom stereocenters. The fourth-order valence-electron chi connectivity index (χ4n) is 3.30. The Morgan fingerprint density at radius 1 is 1.30 bits per heavy atom. The van der Waals surface area contributed by atoms with Crippen molar-refractivity contribution in [3.8, 4) is 0 Å². The number of nitrogens with zero attached hydrogens (tertiary/aromatic N) is 1. The maximum atomic E-state index is 12.5.